The van der Waals surface area contributed by atoms with Gasteiger partial charge in [-0.15, -0.1) is 0 Å². The standard InChI is InChI=1S/C20H21N5O5S/c1-31(28,29)23-19-12-16-17(6-5-14-3-2-4-15(11-14)25(26)27)21-22-18(16)13-20(19)24-7-9-30-10-8-24/h2-6,11-13,23H,7-10H2,1H3,(H,21,22). The third-order valence-corrected chi connectivity index (χ3v) is 5.46. The van der Waals surface area contributed by atoms with Crippen LogP contribution in [0.15, 0.2) is 36.4 Å². The molecule has 0 amide bonds. The summed E-state index contributed by atoms with van der Waals surface area (Å²) < 4.78 is 31.9. The highest BCUT2D eigenvalue weighted by molar-refractivity contribution is 7.92. The summed E-state index contributed by atoms with van der Waals surface area (Å²) in [5.74, 6) is 0. The Kier molecular flexibility index (Phi) is 5.61. The third kappa shape index (κ3) is 4.84. The average Bonchev–Trinajstić information content (AvgIpc) is 3.13. The average molecular weight is 443 g/mol. The van der Waals surface area contributed by atoms with E-state index in [4.69, 9.17) is 4.74 Å². The van der Waals surface area contributed by atoms with Gasteiger partial charge in [-0.2, -0.15) is 5.10 Å². The van der Waals surface area contributed by atoms with Crippen LogP contribution in [0, 0.1) is 10.1 Å². The second-order valence-corrected chi connectivity index (χ2v) is 8.93. The highest BCUT2D eigenvalue weighted by atomic mass is 32.2. The number of nitro benzene ring substituents is 1. The van der Waals surface area contributed by atoms with Gasteiger partial charge in [0.25, 0.3) is 5.69 Å². The number of aromatic amines is 1. The number of fused-ring (bicyclic) bond motifs is 1. The normalized spacial score (nSPS) is 14.9. The van der Waals surface area contributed by atoms with E-state index in [1.807, 2.05) is 6.07 Å². The zero-order valence-corrected chi connectivity index (χ0v) is 17.6. The van der Waals surface area contributed by atoms with E-state index in [1.165, 1.54) is 12.1 Å². The Morgan fingerprint density at radius 3 is 2.71 bits per heavy atom. The number of anilines is 2. The van der Waals surface area contributed by atoms with E-state index in [0.29, 0.717) is 43.2 Å². The molecule has 0 atom stereocenters. The first-order chi connectivity index (χ1) is 14.8. The molecule has 162 valence electrons. The molecular formula is C20H21N5O5S. The molecule has 1 fully saturated rings. The molecule has 10 nitrogen and oxygen atoms in total. The summed E-state index contributed by atoms with van der Waals surface area (Å²) in [4.78, 5) is 12.6. The van der Waals surface area contributed by atoms with Crippen LogP contribution < -0.4 is 9.62 Å². The van der Waals surface area contributed by atoms with Crippen LogP contribution in [0.3, 0.4) is 0 Å². The van der Waals surface area contributed by atoms with Gasteiger partial charge < -0.3 is 9.64 Å². The van der Waals surface area contributed by atoms with Crippen molar-refractivity contribution in [1.29, 1.82) is 0 Å². The van der Waals surface area contributed by atoms with Crippen LogP contribution in [-0.2, 0) is 14.8 Å². The molecule has 11 heteroatoms. The lowest BCUT2D eigenvalue weighted by Gasteiger charge is -2.30. The van der Waals surface area contributed by atoms with E-state index in [-0.39, 0.29) is 5.69 Å². The van der Waals surface area contributed by atoms with Crippen LogP contribution in [0.4, 0.5) is 17.1 Å². The molecule has 1 aliphatic rings. The first kappa shape index (κ1) is 20.8. The Labute approximate surface area is 178 Å². The summed E-state index contributed by atoms with van der Waals surface area (Å²) in [5, 5.41) is 19.0. The van der Waals surface area contributed by atoms with Gasteiger partial charge in [0.15, 0.2) is 0 Å². The number of non-ortho nitro benzene ring substituents is 1. The maximum atomic E-state index is 11.9. The zero-order chi connectivity index (χ0) is 22.0. The Bertz CT molecular complexity index is 1260. The summed E-state index contributed by atoms with van der Waals surface area (Å²) in [6.07, 6.45) is 4.57. The number of sulfonamides is 1. The Morgan fingerprint density at radius 1 is 1.23 bits per heavy atom. The molecule has 0 aliphatic carbocycles. The minimum atomic E-state index is -3.49. The Hall–Kier alpha value is -3.44. The number of benzene rings is 2. The van der Waals surface area contributed by atoms with Crippen molar-refractivity contribution in [3.05, 3.63) is 57.8 Å². The quantitative estimate of drug-likeness (QED) is 0.442. The zero-order valence-electron chi connectivity index (χ0n) is 16.7. The predicted octanol–water partition coefficient (Wildman–Crippen LogP) is 2.85. The highest BCUT2D eigenvalue weighted by Crippen LogP contribution is 2.33. The number of nitrogens with zero attached hydrogens (tertiary/aromatic N) is 3. The number of hydrogen-bond acceptors (Lipinski definition) is 7. The number of nitrogens with one attached hydrogen (secondary N) is 2. The van der Waals surface area contributed by atoms with Crippen molar-refractivity contribution < 1.29 is 18.1 Å². The van der Waals surface area contributed by atoms with Gasteiger partial charge in [0.2, 0.25) is 10.0 Å². The number of aromatic nitrogens is 2. The third-order valence-electron chi connectivity index (χ3n) is 4.87. The lowest BCUT2D eigenvalue weighted by molar-refractivity contribution is -0.384. The maximum absolute atomic E-state index is 11.9. The smallest absolute Gasteiger partial charge is 0.270 e. The van der Waals surface area contributed by atoms with Crippen molar-refractivity contribution in [2.45, 2.75) is 0 Å². The van der Waals surface area contributed by atoms with Gasteiger partial charge in [-0.3, -0.25) is 19.9 Å². The number of rotatable bonds is 6. The molecule has 0 bridgehead atoms. The second kappa shape index (κ2) is 8.36. The molecule has 2 heterocycles. The number of morpholine rings is 1. The number of nitro groups is 1. The largest absolute Gasteiger partial charge is 0.378 e. The summed E-state index contributed by atoms with van der Waals surface area (Å²) >= 11 is 0. The number of ether oxygens (including phenoxy) is 1. The molecule has 4 rings (SSSR count). The highest BCUT2D eigenvalue weighted by Gasteiger charge is 2.19. The van der Waals surface area contributed by atoms with Crippen molar-refractivity contribution in [3.63, 3.8) is 0 Å². The van der Waals surface area contributed by atoms with E-state index in [2.05, 4.69) is 19.8 Å². The fourth-order valence-corrected chi connectivity index (χ4v) is 4.03. The Balaban J connectivity index is 1.73. The molecule has 0 radical (unpaired) electrons. The van der Waals surface area contributed by atoms with E-state index < -0.39 is 14.9 Å². The van der Waals surface area contributed by atoms with Gasteiger partial charge in [-0.1, -0.05) is 18.2 Å². The van der Waals surface area contributed by atoms with Crippen LogP contribution in [-0.4, -0.2) is 56.1 Å². The lowest BCUT2D eigenvalue weighted by atomic mass is 10.1. The van der Waals surface area contributed by atoms with Crippen LogP contribution in [0.25, 0.3) is 23.1 Å². The summed E-state index contributed by atoms with van der Waals surface area (Å²) in [7, 11) is -3.49. The first-order valence-corrected chi connectivity index (χ1v) is 11.4. The molecule has 31 heavy (non-hydrogen) atoms. The molecule has 3 aromatic rings. The van der Waals surface area contributed by atoms with Crippen molar-refractivity contribution >= 4 is 50.1 Å². The maximum Gasteiger partial charge on any atom is 0.270 e. The van der Waals surface area contributed by atoms with Gasteiger partial charge in [0.05, 0.1) is 47.0 Å². The van der Waals surface area contributed by atoms with E-state index in [0.717, 1.165) is 22.8 Å². The topological polar surface area (TPSA) is 130 Å². The van der Waals surface area contributed by atoms with E-state index >= 15 is 0 Å². The number of H-pyrrole nitrogens is 1. The molecule has 2 aromatic carbocycles. The summed E-state index contributed by atoms with van der Waals surface area (Å²) in [6.45, 7) is 2.43. The van der Waals surface area contributed by atoms with Crippen LogP contribution in [0.2, 0.25) is 0 Å². The van der Waals surface area contributed by atoms with Crippen LogP contribution >= 0.6 is 0 Å². The van der Waals surface area contributed by atoms with E-state index in [1.54, 1.807) is 30.4 Å². The van der Waals surface area contributed by atoms with Crippen LogP contribution in [0.5, 0.6) is 0 Å². The molecule has 1 aliphatic heterocycles. The van der Waals surface area contributed by atoms with Crippen LogP contribution in [0.1, 0.15) is 11.3 Å². The predicted molar refractivity (Wildman–Crippen MR) is 120 cm³/mol. The molecule has 0 spiro atoms. The first-order valence-electron chi connectivity index (χ1n) is 9.55. The summed E-state index contributed by atoms with van der Waals surface area (Å²) in [6, 6.07) is 9.88. The van der Waals surface area contributed by atoms with E-state index in [9.17, 15) is 18.5 Å². The fourth-order valence-electron chi connectivity index (χ4n) is 3.46. The van der Waals surface area contributed by atoms with Gasteiger partial charge in [-0.25, -0.2) is 8.42 Å². The monoisotopic (exact) mass is 443 g/mol. The summed E-state index contributed by atoms with van der Waals surface area (Å²) in [5.41, 5.74) is 3.21. The molecule has 0 unspecified atom stereocenters. The van der Waals surface area contributed by atoms with Crippen molar-refractivity contribution in [2.24, 2.45) is 0 Å². The van der Waals surface area contributed by atoms with Gasteiger partial charge in [0.1, 0.15) is 0 Å². The number of hydrogen-bond donors (Lipinski definition) is 2. The van der Waals surface area contributed by atoms with Crippen molar-refractivity contribution in [1.82, 2.24) is 10.2 Å². The molecule has 1 saturated heterocycles. The lowest BCUT2D eigenvalue weighted by Crippen LogP contribution is -2.36. The van der Waals surface area contributed by atoms with Gasteiger partial charge in [-0.05, 0) is 23.8 Å². The molecule has 2 N–H and O–H groups in total. The Morgan fingerprint density at radius 2 is 2.00 bits per heavy atom. The van der Waals surface area contributed by atoms with Gasteiger partial charge in [0, 0.05) is 30.6 Å². The minimum Gasteiger partial charge on any atom is -0.378 e. The van der Waals surface area contributed by atoms with Crippen molar-refractivity contribution in [2.75, 3.05) is 42.2 Å². The minimum absolute atomic E-state index is 0.00354. The molecule has 1 aromatic heterocycles. The SMILES string of the molecule is CS(=O)(=O)Nc1cc2c(C=Cc3cccc([N+](=O)[O-])c3)n[nH]c2cc1N1CCOCC1. The fraction of sp³-hybridized carbons (Fsp3) is 0.250. The molecular weight excluding hydrogens is 422 g/mol. The second-order valence-electron chi connectivity index (χ2n) is 7.18. The molecule has 0 saturated carbocycles. The van der Waals surface area contributed by atoms with Crippen molar-refractivity contribution in [3.8, 4) is 0 Å². The van der Waals surface area contributed by atoms with Gasteiger partial charge >= 0.3 is 0 Å².